The fraction of sp³-hybridized carbons (Fsp3) is 1.00. The maximum absolute atomic E-state index is 6.99. The highest BCUT2D eigenvalue weighted by molar-refractivity contribution is 6.96. The van der Waals surface area contributed by atoms with Gasteiger partial charge >= 0.3 is 8.80 Å². The molecule has 1 unspecified atom stereocenters. The van der Waals surface area contributed by atoms with Crippen molar-refractivity contribution in [3.8, 4) is 0 Å². The second-order valence-electron chi connectivity index (χ2n) is 10.5. The van der Waals surface area contributed by atoms with E-state index in [-0.39, 0.29) is 4.85 Å². The first-order valence-electron chi connectivity index (χ1n) is 9.76. The predicted octanol–water partition coefficient (Wildman–Crippen LogP) is 4.98. The quantitative estimate of drug-likeness (QED) is 0.500. The van der Waals surface area contributed by atoms with Crippen LogP contribution >= 0.6 is 0 Å². The van der Waals surface area contributed by atoms with Crippen LogP contribution in [0.3, 0.4) is 0 Å². The van der Waals surface area contributed by atoms with E-state index in [9.17, 15) is 0 Å². The Morgan fingerprint density at radius 2 is 1.12 bits per heavy atom. The fourth-order valence-corrected chi connectivity index (χ4v) is 23.2. The van der Waals surface area contributed by atoms with Crippen LogP contribution in [0, 0.1) is 0 Å². The zero-order valence-corrected chi connectivity index (χ0v) is 23.7. The van der Waals surface area contributed by atoms with Gasteiger partial charge in [-0.15, -0.1) is 0 Å². The van der Waals surface area contributed by atoms with Gasteiger partial charge in [-0.2, -0.15) is 0 Å². The molecule has 25 heavy (non-hydrogen) atoms. The molecule has 1 atom stereocenters. The summed E-state index contributed by atoms with van der Waals surface area (Å²) in [6.45, 7) is 25.9. The van der Waals surface area contributed by atoms with E-state index < -0.39 is 42.6 Å². The predicted molar refractivity (Wildman–Crippen MR) is 120 cm³/mol. The molecule has 1 fully saturated rings. The number of rotatable bonds is 8. The molecule has 150 valence electrons. The van der Waals surface area contributed by atoms with Crippen molar-refractivity contribution >= 4 is 42.6 Å². The molecule has 0 saturated carbocycles. The summed E-state index contributed by atoms with van der Waals surface area (Å²) in [5.74, 6) is 0. The average molecular weight is 439 g/mol. The smallest absolute Gasteiger partial charge is 0.415 e. The zero-order chi connectivity index (χ0) is 19.7. The Hall–Kier alpha value is 0.924. The molecule has 0 amide bonds. The summed E-state index contributed by atoms with van der Waals surface area (Å²) >= 11 is 0. The maximum atomic E-state index is 6.99. The van der Waals surface area contributed by atoms with Gasteiger partial charge < -0.3 is 17.1 Å². The Kier molecular flexibility index (Phi) is 7.78. The molecule has 9 heteroatoms. The SMILES string of the molecule is C[SiH](C)C1([Si](O[Si](C)(C)C)(O[Si](C)(C)C)O[Si](C)(C)C)CCCCO1. The van der Waals surface area contributed by atoms with E-state index in [0.717, 1.165) is 19.4 Å². The van der Waals surface area contributed by atoms with Gasteiger partial charge in [0.15, 0.2) is 25.0 Å². The Bertz CT molecular complexity index is 390. The van der Waals surface area contributed by atoms with Crippen molar-refractivity contribution < 1.29 is 17.1 Å². The molecule has 1 saturated heterocycles. The molecule has 1 aliphatic heterocycles. The van der Waals surface area contributed by atoms with Gasteiger partial charge in [-0.3, -0.25) is 0 Å². The average Bonchev–Trinajstić information content (AvgIpc) is 2.32. The van der Waals surface area contributed by atoms with Crippen LogP contribution in [-0.4, -0.2) is 54.0 Å². The van der Waals surface area contributed by atoms with E-state index in [1.807, 2.05) is 0 Å². The van der Waals surface area contributed by atoms with E-state index in [1.165, 1.54) is 6.42 Å². The van der Waals surface area contributed by atoms with Crippen molar-refractivity contribution in [1.82, 2.24) is 0 Å². The van der Waals surface area contributed by atoms with Gasteiger partial charge in [0.05, 0.1) is 8.80 Å². The van der Waals surface area contributed by atoms with Crippen LogP contribution in [0.15, 0.2) is 0 Å². The molecule has 1 rings (SSSR count). The third-order valence-electron chi connectivity index (χ3n) is 4.07. The molecule has 4 nitrogen and oxygen atoms in total. The molecule has 0 aromatic heterocycles. The monoisotopic (exact) mass is 438 g/mol. The van der Waals surface area contributed by atoms with E-state index in [1.54, 1.807) is 0 Å². The third kappa shape index (κ3) is 6.79. The Balaban J connectivity index is 3.58. The van der Waals surface area contributed by atoms with Crippen molar-refractivity contribution in [3.63, 3.8) is 0 Å². The first-order valence-corrected chi connectivity index (χ1v) is 24.6. The van der Waals surface area contributed by atoms with E-state index in [2.05, 4.69) is 72.0 Å². The van der Waals surface area contributed by atoms with Crippen LogP contribution < -0.4 is 0 Å². The Labute approximate surface area is 162 Å². The molecule has 0 aromatic rings. The first-order chi connectivity index (χ1) is 11.0. The van der Waals surface area contributed by atoms with Gasteiger partial charge in [0.2, 0.25) is 0 Å². The molecule has 0 N–H and O–H groups in total. The van der Waals surface area contributed by atoms with Crippen LogP contribution in [-0.2, 0) is 17.1 Å². The summed E-state index contributed by atoms with van der Waals surface area (Å²) in [5.41, 5.74) is 0. The van der Waals surface area contributed by atoms with Gasteiger partial charge in [0.25, 0.3) is 0 Å². The molecule has 0 spiro atoms. The number of ether oxygens (including phenoxy) is 1. The summed E-state index contributed by atoms with van der Waals surface area (Å²) in [5, 5.41) is 0. The summed E-state index contributed by atoms with van der Waals surface area (Å²) < 4.78 is 27.6. The normalized spacial score (nSPS) is 24.0. The van der Waals surface area contributed by atoms with Crippen LogP contribution in [0.4, 0.5) is 0 Å². The maximum Gasteiger partial charge on any atom is 0.499 e. The number of hydrogen-bond donors (Lipinski definition) is 0. The third-order valence-corrected chi connectivity index (χ3v) is 21.2. The van der Waals surface area contributed by atoms with Crippen LogP contribution in [0.1, 0.15) is 19.3 Å². The van der Waals surface area contributed by atoms with E-state index in [0.29, 0.717) is 0 Å². The molecule has 0 aliphatic carbocycles. The van der Waals surface area contributed by atoms with Gasteiger partial charge in [0.1, 0.15) is 4.85 Å². The van der Waals surface area contributed by atoms with Crippen molar-refractivity contribution in [2.75, 3.05) is 6.61 Å². The second kappa shape index (κ2) is 8.12. The summed E-state index contributed by atoms with van der Waals surface area (Å²) in [4.78, 5) is -0.272. The topological polar surface area (TPSA) is 36.9 Å². The Morgan fingerprint density at radius 1 is 0.720 bits per heavy atom. The Morgan fingerprint density at radius 3 is 1.36 bits per heavy atom. The highest BCUT2D eigenvalue weighted by atomic mass is 28.5. The van der Waals surface area contributed by atoms with Gasteiger partial charge in [0, 0.05) is 6.61 Å². The molecule has 1 heterocycles. The lowest BCUT2D eigenvalue weighted by atomic mass is 10.2. The standard InChI is InChI=1S/C16H42O4Si5/c1-21(2)16(14-12-13-15-17-16)25(18-22(3,4)5,19-23(6,7)8)20-24(9,10)11/h21H,12-15H2,1-11H3. The lowest BCUT2D eigenvalue weighted by molar-refractivity contribution is -0.0142. The van der Waals surface area contributed by atoms with Gasteiger partial charge in [-0.05, 0) is 78.2 Å². The van der Waals surface area contributed by atoms with E-state index >= 15 is 0 Å². The summed E-state index contributed by atoms with van der Waals surface area (Å²) in [7, 11) is -9.85. The van der Waals surface area contributed by atoms with Crippen molar-refractivity contribution in [3.05, 3.63) is 0 Å². The van der Waals surface area contributed by atoms with Gasteiger partial charge in [-0.25, -0.2) is 0 Å². The van der Waals surface area contributed by atoms with Gasteiger partial charge in [-0.1, -0.05) is 13.1 Å². The fourth-order valence-electron chi connectivity index (χ4n) is 3.40. The minimum atomic E-state index is -2.99. The highest BCUT2D eigenvalue weighted by Gasteiger charge is 2.67. The molecule has 0 aromatic carbocycles. The summed E-state index contributed by atoms with van der Waals surface area (Å²) in [6, 6.07) is 0. The summed E-state index contributed by atoms with van der Waals surface area (Å²) in [6.07, 6.45) is 3.38. The molecule has 0 bridgehead atoms. The lowest BCUT2D eigenvalue weighted by Gasteiger charge is -2.55. The van der Waals surface area contributed by atoms with Crippen molar-refractivity contribution in [2.45, 2.75) is 96.1 Å². The lowest BCUT2D eigenvalue weighted by Crippen LogP contribution is -2.77. The second-order valence-corrected chi connectivity index (χ2v) is 31.5. The minimum Gasteiger partial charge on any atom is -0.415 e. The molecular formula is C16H42O4Si5. The van der Waals surface area contributed by atoms with Crippen molar-refractivity contribution in [1.29, 1.82) is 0 Å². The highest BCUT2D eigenvalue weighted by Crippen LogP contribution is 2.42. The van der Waals surface area contributed by atoms with Crippen LogP contribution in [0.25, 0.3) is 0 Å². The molecular weight excluding hydrogens is 397 g/mol. The minimum absolute atomic E-state index is 0.272. The van der Waals surface area contributed by atoms with Crippen LogP contribution in [0.2, 0.25) is 72.0 Å². The zero-order valence-electron chi connectivity index (χ0n) is 18.5. The van der Waals surface area contributed by atoms with E-state index in [4.69, 9.17) is 17.1 Å². The largest absolute Gasteiger partial charge is 0.499 e. The molecule has 0 radical (unpaired) electrons. The first kappa shape index (κ1) is 24.0. The molecule has 1 aliphatic rings. The van der Waals surface area contributed by atoms with Crippen molar-refractivity contribution in [2.24, 2.45) is 0 Å². The van der Waals surface area contributed by atoms with Crippen LogP contribution in [0.5, 0.6) is 0 Å². The number of hydrogen-bond acceptors (Lipinski definition) is 4.